The third kappa shape index (κ3) is 4.81. The highest BCUT2D eigenvalue weighted by atomic mass is 16.6. The van der Waals surface area contributed by atoms with Crippen LogP contribution in [0.4, 0.5) is 0 Å². The molecule has 1 N–H and O–H groups in total. The smallest absolute Gasteiger partial charge is 0.303 e. The molecular formula is C14H16O6. The number of carbonyl (C=O) groups excluding carboxylic acids is 3. The van der Waals surface area contributed by atoms with E-state index in [0.29, 0.717) is 5.56 Å². The van der Waals surface area contributed by atoms with Crippen LogP contribution in [0.1, 0.15) is 25.5 Å². The summed E-state index contributed by atoms with van der Waals surface area (Å²) >= 11 is 0. The van der Waals surface area contributed by atoms with Gasteiger partial charge >= 0.3 is 11.9 Å². The molecule has 1 rings (SSSR count). The molecule has 0 aromatic heterocycles. The Bertz CT molecular complexity index is 482. The molecule has 6 nitrogen and oxygen atoms in total. The molecule has 0 radical (unpaired) electrons. The Morgan fingerprint density at radius 3 is 2.20 bits per heavy atom. The van der Waals surface area contributed by atoms with Crippen LogP contribution < -0.4 is 0 Å². The Kier molecular flexibility index (Phi) is 5.86. The second kappa shape index (κ2) is 7.40. The molecule has 0 saturated carbocycles. The van der Waals surface area contributed by atoms with E-state index in [0.717, 1.165) is 13.8 Å². The van der Waals surface area contributed by atoms with Crippen molar-refractivity contribution >= 4 is 17.7 Å². The van der Waals surface area contributed by atoms with Gasteiger partial charge in [-0.2, -0.15) is 0 Å². The summed E-state index contributed by atoms with van der Waals surface area (Å²) in [5.41, 5.74) is 0.426. The van der Waals surface area contributed by atoms with Gasteiger partial charge in [-0.1, -0.05) is 30.3 Å². The van der Waals surface area contributed by atoms with Gasteiger partial charge in [0.05, 0.1) is 0 Å². The number of rotatable bonds is 6. The highest BCUT2D eigenvalue weighted by Gasteiger charge is 2.31. The van der Waals surface area contributed by atoms with Crippen LogP contribution in [0.15, 0.2) is 30.3 Å². The van der Waals surface area contributed by atoms with Gasteiger partial charge in [0, 0.05) is 13.8 Å². The molecule has 0 bridgehead atoms. The van der Waals surface area contributed by atoms with Crippen LogP contribution in [0, 0.1) is 0 Å². The van der Waals surface area contributed by atoms with Gasteiger partial charge < -0.3 is 14.6 Å². The fourth-order valence-corrected chi connectivity index (χ4v) is 1.56. The van der Waals surface area contributed by atoms with E-state index in [9.17, 15) is 19.5 Å². The molecule has 0 aliphatic rings. The molecule has 1 aromatic rings. The van der Waals surface area contributed by atoms with Gasteiger partial charge in [-0.25, -0.2) is 0 Å². The van der Waals surface area contributed by atoms with Gasteiger partial charge in [0.2, 0.25) is 5.78 Å². The fraction of sp³-hybridized carbons (Fsp3) is 0.357. The number of esters is 2. The Morgan fingerprint density at radius 1 is 1.10 bits per heavy atom. The van der Waals surface area contributed by atoms with Gasteiger partial charge in [-0.15, -0.1) is 0 Å². The van der Waals surface area contributed by atoms with Crippen molar-refractivity contribution in [2.45, 2.75) is 26.1 Å². The third-order valence-electron chi connectivity index (χ3n) is 2.46. The maximum atomic E-state index is 11.9. The van der Waals surface area contributed by atoms with E-state index in [1.165, 1.54) is 0 Å². The number of carbonyl (C=O) groups is 3. The zero-order valence-electron chi connectivity index (χ0n) is 11.2. The molecule has 0 fully saturated rings. The van der Waals surface area contributed by atoms with Crippen molar-refractivity contribution < 1.29 is 29.0 Å². The topological polar surface area (TPSA) is 89.9 Å². The average Bonchev–Trinajstić information content (AvgIpc) is 2.42. The zero-order chi connectivity index (χ0) is 15.1. The zero-order valence-corrected chi connectivity index (χ0v) is 11.2. The first-order valence-electron chi connectivity index (χ1n) is 5.98. The van der Waals surface area contributed by atoms with Crippen LogP contribution in [-0.4, -0.2) is 35.5 Å². The molecule has 2 atom stereocenters. The molecular weight excluding hydrogens is 264 g/mol. The quantitative estimate of drug-likeness (QED) is 0.775. The van der Waals surface area contributed by atoms with Crippen LogP contribution >= 0.6 is 0 Å². The lowest BCUT2D eigenvalue weighted by molar-refractivity contribution is -0.164. The summed E-state index contributed by atoms with van der Waals surface area (Å²) < 4.78 is 9.39. The van der Waals surface area contributed by atoms with Gasteiger partial charge in [-0.3, -0.25) is 14.4 Å². The van der Waals surface area contributed by atoms with Crippen LogP contribution in [0.5, 0.6) is 0 Å². The number of ether oxygens (including phenoxy) is 2. The van der Waals surface area contributed by atoms with Crippen LogP contribution in [0.2, 0.25) is 0 Å². The minimum absolute atomic E-state index is 0.426. The van der Waals surface area contributed by atoms with Crippen molar-refractivity contribution in [3.63, 3.8) is 0 Å². The molecule has 0 aliphatic carbocycles. The second-order valence-electron chi connectivity index (χ2n) is 4.13. The minimum atomic E-state index is -1.41. The number of hydrogen-bond acceptors (Lipinski definition) is 6. The molecule has 0 aliphatic heterocycles. The SMILES string of the molecule is CC(=O)OCC(=O)[C@H](OC(C)=O)[C@H](O)c1ccccc1. The Morgan fingerprint density at radius 2 is 1.70 bits per heavy atom. The monoisotopic (exact) mass is 280 g/mol. The predicted octanol–water partition coefficient (Wildman–Crippen LogP) is 0.784. The first-order chi connectivity index (χ1) is 9.41. The van der Waals surface area contributed by atoms with E-state index in [-0.39, 0.29) is 0 Å². The molecule has 108 valence electrons. The van der Waals surface area contributed by atoms with E-state index in [4.69, 9.17) is 4.74 Å². The van der Waals surface area contributed by atoms with Crippen molar-refractivity contribution in [1.82, 2.24) is 0 Å². The number of aliphatic hydroxyl groups is 1. The van der Waals surface area contributed by atoms with Gasteiger partial charge in [0.25, 0.3) is 0 Å². The lowest BCUT2D eigenvalue weighted by Crippen LogP contribution is -2.35. The minimum Gasteiger partial charge on any atom is -0.458 e. The first kappa shape index (κ1) is 15.8. The Hall–Kier alpha value is -2.21. The largest absolute Gasteiger partial charge is 0.458 e. The lowest BCUT2D eigenvalue weighted by Gasteiger charge is -2.21. The summed E-state index contributed by atoms with van der Waals surface area (Å²) in [4.78, 5) is 33.6. The number of hydrogen-bond donors (Lipinski definition) is 1. The van der Waals surface area contributed by atoms with E-state index < -0.39 is 36.5 Å². The van der Waals surface area contributed by atoms with Crippen molar-refractivity contribution in [3.8, 4) is 0 Å². The lowest BCUT2D eigenvalue weighted by atomic mass is 10.0. The summed E-state index contributed by atoms with van der Waals surface area (Å²) in [5, 5.41) is 10.1. The van der Waals surface area contributed by atoms with Crippen molar-refractivity contribution in [2.24, 2.45) is 0 Å². The molecule has 0 saturated heterocycles. The molecule has 0 heterocycles. The molecule has 0 spiro atoms. The molecule has 1 aromatic carbocycles. The van der Waals surface area contributed by atoms with E-state index >= 15 is 0 Å². The highest BCUT2D eigenvalue weighted by Crippen LogP contribution is 2.20. The van der Waals surface area contributed by atoms with Crippen LogP contribution in [0.3, 0.4) is 0 Å². The summed E-state index contributed by atoms with van der Waals surface area (Å²) in [5.74, 6) is -2.03. The second-order valence-corrected chi connectivity index (χ2v) is 4.13. The number of aliphatic hydroxyl groups excluding tert-OH is 1. The highest BCUT2D eigenvalue weighted by molar-refractivity contribution is 5.88. The van der Waals surface area contributed by atoms with Crippen LogP contribution in [-0.2, 0) is 23.9 Å². The third-order valence-corrected chi connectivity index (χ3v) is 2.46. The fourth-order valence-electron chi connectivity index (χ4n) is 1.56. The molecule has 0 unspecified atom stereocenters. The Labute approximate surface area is 116 Å². The molecule has 0 amide bonds. The maximum Gasteiger partial charge on any atom is 0.303 e. The predicted molar refractivity (Wildman–Crippen MR) is 68.6 cm³/mol. The van der Waals surface area contributed by atoms with Gasteiger partial charge in [-0.05, 0) is 5.56 Å². The van der Waals surface area contributed by atoms with E-state index in [2.05, 4.69) is 4.74 Å². The summed E-state index contributed by atoms with van der Waals surface area (Å²) in [6.07, 6.45) is -2.72. The molecule has 6 heteroatoms. The van der Waals surface area contributed by atoms with Gasteiger partial charge in [0.15, 0.2) is 12.7 Å². The normalized spacial score (nSPS) is 13.2. The summed E-state index contributed by atoms with van der Waals surface area (Å²) in [6, 6.07) is 8.30. The van der Waals surface area contributed by atoms with Crippen molar-refractivity contribution in [1.29, 1.82) is 0 Å². The van der Waals surface area contributed by atoms with Crippen molar-refractivity contribution in [2.75, 3.05) is 6.61 Å². The standard InChI is InChI=1S/C14H16O6/c1-9(15)19-8-12(17)14(20-10(2)16)13(18)11-6-4-3-5-7-11/h3-7,13-14,18H,8H2,1-2H3/t13-,14+/m1/s1. The van der Waals surface area contributed by atoms with E-state index in [1.54, 1.807) is 30.3 Å². The average molecular weight is 280 g/mol. The number of Topliss-reactive ketones (excluding diaryl/α,β-unsaturated/α-hetero) is 1. The van der Waals surface area contributed by atoms with Crippen molar-refractivity contribution in [3.05, 3.63) is 35.9 Å². The maximum absolute atomic E-state index is 11.9. The molecule has 20 heavy (non-hydrogen) atoms. The van der Waals surface area contributed by atoms with Gasteiger partial charge in [0.1, 0.15) is 6.10 Å². The first-order valence-corrected chi connectivity index (χ1v) is 5.98. The summed E-state index contributed by atoms with van der Waals surface area (Å²) in [7, 11) is 0. The Balaban J connectivity index is 2.85. The van der Waals surface area contributed by atoms with Crippen LogP contribution in [0.25, 0.3) is 0 Å². The number of ketones is 1. The van der Waals surface area contributed by atoms with E-state index in [1.807, 2.05) is 0 Å². The summed E-state index contributed by atoms with van der Waals surface area (Å²) in [6.45, 7) is 1.72. The number of benzene rings is 1.